The van der Waals surface area contributed by atoms with E-state index in [1.807, 2.05) is 38.1 Å². The first-order chi connectivity index (χ1) is 14.4. The predicted octanol–water partition coefficient (Wildman–Crippen LogP) is 5.57. The SMILES string of the molecule is CCCCNC(=O)[C@H](CC)N(Cc1c(Cl)cccc1Cl)C(=O)Cc1ccccc1C. The first kappa shape index (κ1) is 24.2. The number of aryl methyl sites for hydroxylation is 1. The Labute approximate surface area is 189 Å². The van der Waals surface area contributed by atoms with Crippen molar-refractivity contribution in [1.82, 2.24) is 10.2 Å². The molecule has 0 saturated heterocycles. The number of amides is 2. The van der Waals surface area contributed by atoms with E-state index in [4.69, 9.17) is 23.2 Å². The molecule has 0 fully saturated rings. The Morgan fingerprint density at radius 1 is 1.03 bits per heavy atom. The fourth-order valence-corrected chi connectivity index (χ4v) is 3.87. The maximum Gasteiger partial charge on any atom is 0.242 e. The van der Waals surface area contributed by atoms with Gasteiger partial charge in [0.2, 0.25) is 11.8 Å². The van der Waals surface area contributed by atoms with Crippen LogP contribution in [0.5, 0.6) is 0 Å². The lowest BCUT2D eigenvalue weighted by Crippen LogP contribution is -2.49. The van der Waals surface area contributed by atoms with Gasteiger partial charge in [-0.05, 0) is 43.0 Å². The highest BCUT2D eigenvalue weighted by molar-refractivity contribution is 6.36. The Morgan fingerprint density at radius 2 is 1.70 bits per heavy atom. The molecule has 162 valence electrons. The van der Waals surface area contributed by atoms with Crippen molar-refractivity contribution in [3.05, 3.63) is 69.2 Å². The smallest absolute Gasteiger partial charge is 0.242 e. The van der Waals surface area contributed by atoms with E-state index in [0.717, 1.165) is 24.0 Å². The number of unbranched alkanes of at least 4 members (excludes halogenated alkanes) is 1. The molecule has 2 aromatic carbocycles. The first-order valence-electron chi connectivity index (χ1n) is 10.4. The van der Waals surface area contributed by atoms with Crippen LogP contribution in [0.15, 0.2) is 42.5 Å². The molecule has 30 heavy (non-hydrogen) atoms. The molecule has 0 aliphatic carbocycles. The zero-order chi connectivity index (χ0) is 22.1. The van der Waals surface area contributed by atoms with Crippen LogP contribution in [0.2, 0.25) is 10.0 Å². The summed E-state index contributed by atoms with van der Waals surface area (Å²) >= 11 is 12.7. The minimum Gasteiger partial charge on any atom is -0.354 e. The van der Waals surface area contributed by atoms with Crippen LogP contribution in [0, 0.1) is 6.92 Å². The van der Waals surface area contributed by atoms with Crippen molar-refractivity contribution in [2.45, 2.75) is 59.0 Å². The molecule has 2 amide bonds. The van der Waals surface area contributed by atoms with Crippen LogP contribution in [0.25, 0.3) is 0 Å². The zero-order valence-electron chi connectivity index (χ0n) is 17.9. The lowest BCUT2D eigenvalue weighted by Gasteiger charge is -2.31. The topological polar surface area (TPSA) is 49.4 Å². The Kier molecular flexibility index (Phi) is 9.67. The van der Waals surface area contributed by atoms with Gasteiger partial charge in [0.25, 0.3) is 0 Å². The summed E-state index contributed by atoms with van der Waals surface area (Å²) in [5, 5.41) is 3.93. The molecule has 0 spiro atoms. The standard InChI is InChI=1S/C24H30Cl2N2O2/c1-4-6-14-27-24(30)22(5-2)28(16-19-20(25)12-9-13-21(19)26)23(29)15-18-11-8-7-10-17(18)3/h7-13,22H,4-6,14-16H2,1-3H3,(H,27,30)/t22-/m0/s1. The summed E-state index contributed by atoms with van der Waals surface area (Å²) in [6.45, 7) is 6.74. The molecular formula is C24H30Cl2N2O2. The average Bonchev–Trinajstić information content (AvgIpc) is 2.71. The van der Waals surface area contributed by atoms with E-state index >= 15 is 0 Å². The molecule has 6 heteroatoms. The van der Waals surface area contributed by atoms with Gasteiger partial charge in [0.15, 0.2) is 0 Å². The molecule has 4 nitrogen and oxygen atoms in total. The molecular weight excluding hydrogens is 419 g/mol. The average molecular weight is 449 g/mol. The molecule has 0 aliphatic heterocycles. The number of nitrogens with zero attached hydrogens (tertiary/aromatic N) is 1. The fraction of sp³-hybridized carbons (Fsp3) is 0.417. The molecule has 1 N–H and O–H groups in total. The maximum absolute atomic E-state index is 13.4. The molecule has 2 rings (SSSR count). The lowest BCUT2D eigenvalue weighted by atomic mass is 10.0. The number of benzene rings is 2. The second kappa shape index (κ2) is 12.0. The van der Waals surface area contributed by atoms with Crippen LogP contribution in [-0.4, -0.2) is 29.3 Å². The van der Waals surface area contributed by atoms with Crippen molar-refractivity contribution >= 4 is 35.0 Å². The molecule has 1 atom stereocenters. The molecule has 2 aromatic rings. The van der Waals surface area contributed by atoms with Crippen LogP contribution in [-0.2, 0) is 22.6 Å². The Balaban J connectivity index is 2.33. The highest BCUT2D eigenvalue weighted by Gasteiger charge is 2.29. The summed E-state index contributed by atoms with van der Waals surface area (Å²) in [5.74, 6) is -0.273. The van der Waals surface area contributed by atoms with E-state index in [-0.39, 0.29) is 24.8 Å². The molecule has 0 bridgehead atoms. The van der Waals surface area contributed by atoms with Gasteiger partial charge in [-0.15, -0.1) is 0 Å². The van der Waals surface area contributed by atoms with E-state index in [1.165, 1.54) is 0 Å². The second-order valence-electron chi connectivity index (χ2n) is 7.39. The van der Waals surface area contributed by atoms with Gasteiger partial charge in [0.05, 0.1) is 6.42 Å². The van der Waals surface area contributed by atoms with E-state index in [2.05, 4.69) is 12.2 Å². The molecule has 0 aliphatic rings. The molecule has 0 aromatic heterocycles. The Bertz CT molecular complexity index is 850. The van der Waals surface area contributed by atoms with Gasteiger partial charge in [-0.2, -0.15) is 0 Å². The Morgan fingerprint density at radius 3 is 2.30 bits per heavy atom. The predicted molar refractivity (Wildman–Crippen MR) is 124 cm³/mol. The summed E-state index contributed by atoms with van der Waals surface area (Å²) in [6, 6.07) is 12.4. The van der Waals surface area contributed by atoms with Crippen LogP contribution < -0.4 is 5.32 Å². The maximum atomic E-state index is 13.4. The second-order valence-corrected chi connectivity index (χ2v) is 8.21. The largest absolute Gasteiger partial charge is 0.354 e. The van der Waals surface area contributed by atoms with Gasteiger partial charge in [-0.1, -0.05) is 73.8 Å². The molecule has 0 heterocycles. The van der Waals surface area contributed by atoms with Gasteiger partial charge in [0.1, 0.15) is 6.04 Å². The first-order valence-corrected chi connectivity index (χ1v) is 11.2. The number of rotatable bonds is 10. The summed E-state index contributed by atoms with van der Waals surface area (Å²) in [6.07, 6.45) is 2.60. The monoisotopic (exact) mass is 448 g/mol. The highest BCUT2D eigenvalue weighted by Crippen LogP contribution is 2.27. The lowest BCUT2D eigenvalue weighted by molar-refractivity contribution is -0.140. The third kappa shape index (κ3) is 6.48. The van der Waals surface area contributed by atoms with Gasteiger partial charge in [0, 0.05) is 28.7 Å². The highest BCUT2D eigenvalue weighted by atomic mass is 35.5. The number of carbonyl (C=O) groups is 2. The van der Waals surface area contributed by atoms with E-state index in [1.54, 1.807) is 23.1 Å². The van der Waals surface area contributed by atoms with Crippen molar-refractivity contribution in [1.29, 1.82) is 0 Å². The molecule has 0 unspecified atom stereocenters. The van der Waals surface area contributed by atoms with Crippen molar-refractivity contribution in [3.63, 3.8) is 0 Å². The number of carbonyl (C=O) groups excluding carboxylic acids is 2. The van der Waals surface area contributed by atoms with Crippen LogP contribution in [0.1, 0.15) is 49.8 Å². The third-order valence-electron chi connectivity index (χ3n) is 5.21. The minimum atomic E-state index is -0.592. The fourth-order valence-electron chi connectivity index (χ4n) is 3.35. The van der Waals surface area contributed by atoms with Gasteiger partial charge < -0.3 is 10.2 Å². The van der Waals surface area contributed by atoms with Crippen LogP contribution in [0.3, 0.4) is 0 Å². The van der Waals surface area contributed by atoms with Crippen molar-refractivity contribution in [2.75, 3.05) is 6.54 Å². The van der Waals surface area contributed by atoms with Crippen molar-refractivity contribution in [2.24, 2.45) is 0 Å². The normalized spacial score (nSPS) is 11.8. The van der Waals surface area contributed by atoms with Gasteiger partial charge in [-0.3, -0.25) is 9.59 Å². The molecule has 0 saturated carbocycles. The quantitative estimate of drug-likeness (QED) is 0.483. The Hall–Kier alpha value is -2.04. The van der Waals surface area contributed by atoms with Crippen LogP contribution >= 0.6 is 23.2 Å². The van der Waals surface area contributed by atoms with Gasteiger partial charge >= 0.3 is 0 Å². The minimum absolute atomic E-state index is 0.127. The number of hydrogen-bond donors (Lipinski definition) is 1. The van der Waals surface area contributed by atoms with Crippen LogP contribution in [0.4, 0.5) is 0 Å². The van der Waals surface area contributed by atoms with E-state index < -0.39 is 6.04 Å². The van der Waals surface area contributed by atoms with Crippen molar-refractivity contribution < 1.29 is 9.59 Å². The third-order valence-corrected chi connectivity index (χ3v) is 5.92. The summed E-state index contributed by atoms with van der Waals surface area (Å²) < 4.78 is 0. The van der Waals surface area contributed by atoms with E-state index in [9.17, 15) is 9.59 Å². The summed E-state index contributed by atoms with van der Waals surface area (Å²) in [4.78, 5) is 27.9. The zero-order valence-corrected chi connectivity index (χ0v) is 19.4. The summed E-state index contributed by atoms with van der Waals surface area (Å²) in [5.41, 5.74) is 2.64. The number of nitrogens with one attached hydrogen (secondary N) is 1. The number of hydrogen-bond acceptors (Lipinski definition) is 2. The number of halogens is 2. The van der Waals surface area contributed by atoms with Gasteiger partial charge in [-0.25, -0.2) is 0 Å². The molecule has 0 radical (unpaired) electrons. The summed E-state index contributed by atoms with van der Waals surface area (Å²) in [7, 11) is 0. The van der Waals surface area contributed by atoms with E-state index in [0.29, 0.717) is 28.6 Å². The van der Waals surface area contributed by atoms with Crippen molar-refractivity contribution in [3.8, 4) is 0 Å².